The van der Waals surface area contributed by atoms with E-state index in [0.717, 1.165) is 11.3 Å². The Bertz CT molecular complexity index is 1140. The average Bonchev–Trinajstić information content (AvgIpc) is 3.05. The van der Waals surface area contributed by atoms with Crippen molar-refractivity contribution in [1.82, 2.24) is 4.57 Å². The van der Waals surface area contributed by atoms with Crippen molar-refractivity contribution >= 4 is 33.4 Å². The van der Waals surface area contributed by atoms with E-state index in [0.29, 0.717) is 16.2 Å². The first kappa shape index (κ1) is 18.2. The molecule has 0 saturated heterocycles. The first-order valence-corrected chi connectivity index (χ1v) is 9.20. The van der Waals surface area contributed by atoms with Crippen LogP contribution in [0, 0.1) is 5.82 Å². The predicted octanol–water partition coefficient (Wildman–Crippen LogP) is 2.28. The first-order valence-electron chi connectivity index (χ1n) is 8.38. The van der Waals surface area contributed by atoms with Crippen LogP contribution in [0.15, 0.2) is 47.5 Å². The summed E-state index contributed by atoms with van der Waals surface area (Å²) in [5, 5.41) is 0. The summed E-state index contributed by atoms with van der Waals surface area (Å²) in [4.78, 5) is 28.7. The number of rotatable bonds is 3. The van der Waals surface area contributed by atoms with Crippen molar-refractivity contribution in [1.29, 1.82) is 0 Å². The molecule has 3 aromatic rings. The molecule has 0 fully saturated rings. The van der Waals surface area contributed by atoms with Gasteiger partial charge < -0.3 is 18.8 Å². The third-order valence-corrected chi connectivity index (χ3v) is 5.20. The SMILES string of the molecule is COC(=O)Cn1c(=NC(=O)[C@H]2COc3ccccc3O2)sc2cccc(F)c21. The second kappa shape index (κ2) is 7.43. The number of fused-ring (bicyclic) bond motifs is 2. The Kier molecular flexibility index (Phi) is 4.82. The summed E-state index contributed by atoms with van der Waals surface area (Å²) in [6.07, 6.45) is -0.934. The van der Waals surface area contributed by atoms with E-state index in [-0.39, 0.29) is 23.5 Å². The summed E-state index contributed by atoms with van der Waals surface area (Å²) < 4.78 is 32.1. The van der Waals surface area contributed by atoms with Crippen molar-refractivity contribution < 1.29 is 28.2 Å². The number of benzene rings is 2. The van der Waals surface area contributed by atoms with Crippen molar-refractivity contribution in [3.05, 3.63) is 53.1 Å². The number of methoxy groups -OCH3 is 1. The Morgan fingerprint density at radius 3 is 2.82 bits per heavy atom. The molecule has 9 heteroatoms. The van der Waals surface area contributed by atoms with Crippen LogP contribution in [0.1, 0.15) is 0 Å². The standard InChI is InChI=1S/C19H15FN2O5S/c1-25-16(23)9-22-17-11(20)5-4-8-15(17)28-19(22)21-18(24)14-10-26-12-6-2-3-7-13(12)27-14/h2-8,14H,9-10H2,1H3/t14-/m1/s1. The zero-order valence-electron chi connectivity index (χ0n) is 14.8. The van der Waals surface area contributed by atoms with Crippen LogP contribution in [-0.4, -0.2) is 36.3 Å². The molecule has 0 N–H and O–H groups in total. The molecule has 1 aliphatic heterocycles. The largest absolute Gasteiger partial charge is 0.485 e. The predicted molar refractivity (Wildman–Crippen MR) is 98.7 cm³/mol. The minimum Gasteiger partial charge on any atom is -0.485 e. The molecule has 0 radical (unpaired) electrons. The van der Waals surface area contributed by atoms with E-state index in [2.05, 4.69) is 9.73 Å². The quantitative estimate of drug-likeness (QED) is 0.628. The van der Waals surface area contributed by atoms with Crippen LogP contribution in [0.5, 0.6) is 11.5 Å². The van der Waals surface area contributed by atoms with E-state index in [1.54, 1.807) is 36.4 Å². The number of hydrogen-bond acceptors (Lipinski definition) is 6. The lowest BCUT2D eigenvalue weighted by molar-refractivity contribution is -0.141. The fourth-order valence-corrected chi connectivity index (χ4v) is 3.87. The number of aromatic nitrogens is 1. The molecule has 4 rings (SSSR count). The van der Waals surface area contributed by atoms with Gasteiger partial charge >= 0.3 is 5.97 Å². The third kappa shape index (κ3) is 3.36. The number of para-hydroxylation sites is 3. The van der Waals surface area contributed by atoms with E-state index >= 15 is 0 Å². The van der Waals surface area contributed by atoms with Gasteiger partial charge in [0.1, 0.15) is 19.0 Å². The van der Waals surface area contributed by atoms with Crippen molar-refractivity contribution in [3.63, 3.8) is 0 Å². The van der Waals surface area contributed by atoms with E-state index in [1.807, 2.05) is 0 Å². The number of halogens is 1. The van der Waals surface area contributed by atoms with Crippen molar-refractivity contribution in [2.24, 2.45) is 4.99 Å². The molecule has 0 bridgehead atoms. The van der Waals surface area contributed by atoms with E-state index in [1.165, 1.54) is 17.7 Å². The minimum atomic E-state index is -0.934. The topological polar surface area (TPSA) is 79.1 Å². The molecule has 7 nitrogen and oxygen atoms in total. The van der Waals surface area contributed by atoms with Crippen molar-refractivity contribution in [2.45, 2.75) is 12.6 Å². The molecule has 0 spiro atoms. The fourth-order valence-electron chi connectivity index (χ4n) is 2.82. The van der Waals surface area contributed by atoms with Crippen LogP contribution in [-0.2, 0) is 20.9 Å². The zero-order chi connectivity index (χ0) is 19.7. The number of amides is 1. The van der Waals surface area contributed by atoms with Gasteiger partial charge in [0, 0.05) is 0 Å². The summed E-state index contributed by atoms with van der Waals surface area (Å²) in [7, 11) is 1.24. The molecule has 1 aliphatic rings. The molecule has 1 atom stereocenters. The number of esters is 1. The number of ether oxygens (including phenoxy) is 3. The highest BCUT2D eigenvalue weighted by atomic mass is 32.1. The van der Waals surface area contributed by atoms with Gasteiger partial charge in [0.2, 0.25) is 6.10 Å². The second-order valence-corrected chi connectivity index (χ2v) is 6.96. The van der Waals surface area contributed by atoms with E-state index in [4.69, 9.17) is 9.47 Å². The smallest absolute Gasteiger partial charge is 0.325 e. The normalized spacial score (nSPS) is 16.2. The van der Waals surface area contributed by atoms with Crippen molar-refractivity contribution in [3.8, 4) is 11.5 Å². The lowest BCUT2D eigenvalue weighted by Crippen LogP contribution is -2.37. The Morgan fingerprint density at radius 1 is 1.25 bits per heavy atom. The monoisotopic (exact) mass is 402 g/mol. The summed E-state index contributed by atoms with van der Waals surface area (Å²) in [6, 6.07) is 11.5. The van der Waals surface area contributed by atoms with Gasteiger partial charge in [-0.05, 0) is 24.3 Å². The van der Waals surface area contributed by atoms with Gasteiger partial charge in [-0.1, -0.05) is 29.5 Å². The zero-order valence-corrected chi connectivity index (χ0v) is 15.6. The maximum Gasteiger partial charge on any atom is 0.325 e. The van der Waals surface area contributed by atoms with Crippen LogP contribution < -0.4 is 14.3 Å². The molecule has 0 saturated carbocycles. The summed E-state index contributed by atoms with van der Waals surface area (Å²) in [6.45, 7) is -0.260. The molecule has 144 valence electrons. The average molecular weight is 402 g/mol. The molecule has 0 unspecified atom stereocenters. The molecule has 2 aromatic carbocycles. The highest BCUT2D eigenvalue weighted by Crippen LogP contribution is 2.31. The van der Waals surface area contributed by atoms with Gasteiger partial charge in [-0.25, -0.2) is 4.39 Å². The Balaban J connectivity index is 1.73. The van der Waals surface area contributed by atoms with Crippen LogP contribution in [0.4, 0.5) is 4.39 Å². The molecular formula is C19H15FN2O5S. The number of carbonyl (C=O) groups is 2. The van der Waals surface area contributed by atoms with Crippen LogP contribution in [0.2, 0.25) is 0 Å². The van der Waals surface area contributed by atoms with Gasteiger partial charge in [-0.15, -0.1) is 0 Å². The molecule has 1 aromatic heterocycles. The number of nitrogens with zero attached hydrogens (tertiary/aromatic N) is 2. The van der Waals surface area contributed by atoms with Gasteiger partial charge in [0.05, 0.1) is 17.3 Å². The summed E-state index contributed by atoms with van der Waals surface area (Å²) in [5.74, 6) is -0.677. The molecular weight excluding hydrogens is 387 g/mol. The van der Waals surface area contributed by atoms with E-state index in [9.17, 15) is 14.0 Å². The Morgan fingerprint density at radius 2 is 2.04 bits per heavy atom. The molecule has 2 heterocycles. The summed E-state index contributed by atoms with van der Waals surface area (Å²) in [5.41, 5.74) is 0.190. The van der Waals surface area contributed by atoms with Gasteiger partial charge in [0.25, 0.3) is 5.91 Å². The highest BCUT2D eigenvalue weighted by molar-refractivity contribution is 7.16. The van der Waals surface area contributed by atoms with Gasteiger partial charge in [-0.3, -0.25) is 9.59 Å². The van der Waals surface area contributed by atoms with Crippen LogP contribution in [0.3, 0.4) is 0 Å². The number of carbonyl (C=O) groups excluding carboxylic acids is 2. The Labute approximate surface area is 162 Å². The highest BCUT2D eigenvalue weighted by Gasteiger charge is 2.27. The first-order chi connectivity index (χ1) is 13.6. The lowest BCUT2D eigenvalue weighted by atomic mass is 10.2. The number of thiazole rings is 1. The minimum absolute atomic E-state index is 0.00953. The number of hydrogen-bond donors (Lipinski definition) is 0. The Hall–Kier alpha value is -3.20. The van der Waals surface area contributed by atoms with Gasteiger partial charge in [-0.2, -0.15) is 4.99 Å². The third-order valence-electron chi connectivity index (χ3n) is 4.16. The maximum atomic E-state index is 14.3. The molecule has 28 heavy (non-hydrogen) atoms. The molecule has 1 amide bonds. The molecule has 0 aliphatic carbocycles. The second-order valence-electron chi connectivity index (χ2n) is 5.95. The van der Waals surface area contributed by atoms with Crippen molar-refractivity contribution in [2.75, 3.05) is 13.7 Å². The summed E-state index contributed by atoms with van der Waals surface area (Å²) >= 11 is 1.10. The fraction of sp³-hybridized carbons (Fsp3) is 0.211. The van der Waals surface area contributed by atoms with Crippen LogP contribution >= 0.6 is 11.3 Å². The lowest BCUT2D eigenvalue weighted by Gasteiger charge is -2.23. The van der Waals surface area contributed by atoms with E-state index < -0.39 is 23.8 Å². The maximum absolute atomic E-state index is 14.3. The van der Waals surface area contributed by atoms with Crippen LogP contribution in [0.25, 0.3) is 10.2 Å². The van der Waals surface area contributed by atoms with Gasteiger partial charge in [0.15, 0.2) is 16.3 Å².